The van der Waals surface area contributed by atoms with Crippen LogP contribution in [-0.4, -0.2) is 5.16 Å². The van der Waals surface area contributed by atoms with Gasteiger partial charge in [-0.3, -0.25) is 0 Å². The zero-order valence-corrected chi connectivity index (χ0v) is 12.9. The third-order valence-corrected chi connectivity index (χ3v) is 4.28. The second-order valence-electron chi connectivity index (χ2n) is 4.85. The molecule has 1 unspecified atom stereocenters. The van der Waals surface area contributed by atoms with Crippen molar-refractivity contribution in [3.63, 3.8) is 0 Å². The molecule has 0 saturated heterocycles. The molecule has 0 saturated carbocycles. The van der Waals surface area contributed by atoms with Crippen molar-refractivity contribution in [1.29, 1.82) is 0 Å². The number of alkyl halides is 1. The van der Waals surface area contributed by atoms with Crippen LogP contribution in [0.5, 0.6) is 0 Å². The van der Waals surface area contributed by atoms with Gasteiger partial charge in [0.15, 0.2) is 0 Å². The maximum Gasteiger partial charge on any atom is 0.140 e. The highest BCUT2D eigenvalue weighted by atomic mass is 35.5. The van der Waals surface area contributed by atoms with Crippen molar-refractivity contribution in [2.45, 2.75) is 11.8 Å². The molecule has 1 heterocycles. The van der Waals surface area contributed by atoms with Gasteiger partial charge in [-0.05, 0) is 30.2 Å². The molecule has 0 aliphatic carbocycles. The van der Waals surface area contributed by atoms with Crippen molar-refractivity contribution in [3.8, 4) is 0 Å². The Kier molecular flexibility index (Phi) is 3.75. The highest BCUT2D eigenvalue weighted by Crippen LogP contribution is 2.42. The van der Waals surface area contributed by atoms with Gasteiger partial charge in [0.1, 0.15) is 16.3 Å². The van der Waals surface area contributed by atoms with Crippen molar-refractivity contribution >= 4 is 23.2 Å². The Balaban J connectivity index is 2.22. The van der Waals surface area contributed by atoms with E-state index in [1.54, 1.807) is 0 Å². The molecule has 2 aromatic carbocycles. The lowest BCUT2D eigenvalue weighted by Gasteiger charge is -2.26. The summed E-state index contributed by atoms with van der Waals surface area (Å²) in [6, 6.07) is 19.1. The molecule has 1 atom stereocenters. The van der Waals surface area contributed by atoms with Crippen molar-refractivity contribution in [1.82, 2.24) is 5.16 Å². The second kappa shape index (κ2) is 5.55. The summed E-state index contributed by atoms with van der Waals surface area (Å²) in [5, 5.41) is 4.79. The summed E-state index contributed by atoms with van der Waals surface area (Å²) in [5.74, 6) is 0.722. The minimum absolute atomic E-state index is 0.662. The normalized spacial score (nSPS) is 13.9. The number of rotatable bonds is 3. The van der Waals surface area contributed by atoms with E-state index < -0.39 is 4.87 Å². The van der Waals surface area contributed by atoms with Gasteiger partial charge in [-0.2, -0.15) is 0 Å². The Hall–Kier alpha value is -1.77. The molecule has 3 rings (SSSR count). The molecule has 0 aliphatic rings. The Morgan fingerprint density at radius 3 is 2.14 bits per heavy atom. The van der Waals surface area contributed by atoms with Crippen molar-refractivity contribution in [2.24, 2.45) is 0 Å². The number of aryl methyl sites for hydroxylation is 1. The molecular weight excluding hydrogens is 305 g/mol. The standard InChI is InChI=1S/C17H13Cl2NO/c1-12-11-16(20-21-12)17(19,13-5-3-2-4-6-13)14-7-9-15(18)10-8-14/h2-11H,1H3. The number of nitrogens with zero attached hydrogens (tertiary/aromatic N) is 1. The summed E-state index contributed by atoms with van der Waals surface area (Å²) in [6.07, 6.45) is 0. The summed E-state index contributed by atoms with van der Waals surface area (Å²) in [6.45, 7) is 1.85. The molecule has 0 radical (unpaired) electrons. The monoisotopic (exact) mass is 317 g/mol. The predicted molar refractivity (Wildman–Crippen MR) is 84.9 cm³/mol. The molecule has 21 heavy (non-hydrogen) atoms. The van der Waals surface area contributed by atoms with Crippen LogP contribution in [0.2, 0.25) is 5.02 Å². The minimum atomic E-state index is -0.899. The number of hydrogen-bond donors (Lipinski definition) is 0. The SMILES string of the molecule is Cc1cc(C(Cl)(c2ccccc2)c2ccc(Cl)cc2)no1. The average Bonchev–Trinajstić information content (AvgIpc) is 2.95. The van der Waals surface area contributed by atoms with Crippen molar-refractivity contribution in [3.05, 3.63) is 88.3 Å². The molecule has 4 heteroatoms. The van der Waals surface area contributed by atoms with E-state index in [2.05, 4.69) is 5.16 Å². The maximum atomic E-state index is 7.02. The highest BCUT2D eigenvalue weighted by molar-refractivity contribution is 6.31. The van der Waals surface area contributed by atoms with E-state index >= 15 is 0 Å². The fourth-order valence-corrected chi connectivity index (χ4v) is 2.81. The van der Waals surface area contributed by atoms with Crippen molar-refractivity contribution in [2.75, 3.05) is 0 Å². The first kappa shape index (κ1) is 14.2. The molecule has 3 aromatic rings. The number of benzene rings is 2. The first-order valence-corrected chi connectivity index (χ1v) is 7.30. The summed E-state index contributed by atoms with van der Waals surface area (Å²) >= 11 is 13.0. The van der Waals surface area contributed by atoms with Crippen molar-refractivity contribution < 1.29 is 4.52 Å². The third kappa shape index (κ3) is 2.57. The van der Waals surface area contributed by atoms with Gasteiger partial charge in [0.2, 0.25) is 0 Å². The van der Waals surface area contributed by atoms with Crippen LogP contribution in [0.15, 0.2) is 65.2 Å². The minimum Gasteiger partial charge on any atom is -0.361 e. The summed E-state index contributed by atoms with van der Waals surface area (Å²) in [5.41, 5.74) is 2.49. The lowest BCUT2D eigenvalue weighted by molar-refractivity contribution is 0.388. The molecule has 1 aromatic heterocycles. The maximum absolute atomic E-state index is 7.02. The van der Waals surface area contributed by atoms with E-state index in [0.717, 1.165) is 16.9 Å². The van der Waals surface area contributed by atoms with Gasteiger partial charge >= 0.3 is 0 Å². The number of aromatic nitrogens is 1. The topological polar surface area (TPSA) is 26.0 Å². The molecular formula is C17H13Cl2NO. The quantitative estimate of drug-likeness (QED) is 0.623. The molecule has 0 bridgehead atoms. The van der Waals surface area contributed by atoms with Crippen LogP contribution in [0, 0.1) is 6.92 Å². The number of hydrogen-bond acceptors (Lipinski definition) is 2. The molecule has 0 amide bonds. The Labute approximate surface area is 133 Å². The molecule has 0 spiro atoms. The lowest BCUT2D eigenvalue weighted by Crippen LogP contribution is -2.22. The zero-order valence-electron chi connectivity index (χ0n) is 11.4. The van der Waals surface area contributed by atoms with E-state index in [0.29, 0.717) is 10.7 Å². The smallest absolute Gasteiger partial charge is 0.140 e. The summed E-state index contributed by atoms with van der Waals surface area (Å²) < 4.78 is 5.22. The van der Waals surface area contributed by atoms with E-state index in [1.807, 2.05) is 67.6 Å². The average molecular weight is 318 g/mol. The van der Waals surface area contributed by atoms with Gasteiger partial charge in [0, 0.05) is 11.1 Å². The Morgan fingerprint density at radius 1 is 0.952 bits per heavy atom. The first-order valence-electron chi connectivity index (χ1n) is 6.55. The lowest BCUT2D eigenvalue weighted by atomic mass is 9.87. The fraction of sp³-hybridized carbons (Fsp3) is 0.118. The predicted octanol–water partition coefficient (Wildman–Crippen LogP) is 5.17. The molecule has 106 valence electrons. The molecule has 0 N–H and O–H groups in total. The molecule has 2 nitrogen and oxygen atoms in total. The third-order valence-electron chi connectivity index (χ3n) is 3.39. The summed E-state index contributed by atoms with van der Waals surface area (Å²) in [7, 11) is 0. The van der Waals surface area contributed by atoms with Crippen LogP contribution in [0.25, 0.3) is 0 Å². The Morgan fingerprint density at radius 2 is 1.57 bits per heavy atom. The van der Waals surface area contributed by atoms with Gasteiger partial charge in [-0.25, -0.2) is 0 Å². The van der Waals surface area contributed by atoms with Crippen LogP contribution in [0.4, 0.5) is 0 Å². The molecule has 0 fully saturated rings. The number of halogens is 2. The van der Waals surface area contributed by atoms with Crippen LogP contribution in [-0.2, 0) is 4.87 Å². The largest absolute Gasteiger partial charge is 0.361 e. The first-order chi connectivity index (χ1) is 10.1. The van der Waals surface area contributed by atoms with Crippen LogP contribution in [0.3, 0.4) is 0 Å². The summed E-state index contributed by atoms with van der Waals surface area (Å²) in [4.78, 5) is -0.899. The van der Waals surface area contributed by atoms with Gasteiger partial charge in [-0.15, -0.1) is 11.6 Å². The van der Waals surface area contributed by atoms with Gasteiger partial charge < -0.3 is 4.52 Å². The molecule has 0 aliphatic heterocycles. The van der Waals surface area contributed by atoms with Gasteiger partial charge in [0.05, 0.1) is 0 Å². The van der Waals surface area contributed by atoms with Gasteiger partial charge in [0.25, 0.3) is 0 Å². The van der Waals surface area contributed by atoms with Crippen LogP contribution in [0.1, 0.15) is 22.6 Å². The van der Waals surface area contributed by atoms with Crippen LogP contribution < -0.4 is 0 Å². The van der Waals surface area contributed by atoms with E-state index in [-0.39, 0.29) is 0 Å². The second-order valence-corrected chi connectivity index (χ2v) is 5.86. The van der Waals surface area contributed by atoms with E-state index in [9.17, 15) is 0 Å². The zero-order chi connectivity index (χ0) is 14.9. The Bertz CT molecular complexity index is 737. The highest BCUT2D eigenvalue weighted by Gasteiger charge is 2.37. The van der Waals surface area contributed by atoms with Gasteiger partial charge in [-0.1, -0.05) is 59.2 Å². The van der Waals surface area contributed by atoms with Crippen LogP contribution >= 0.6 is 23.2 Å². The van der Waals surface area contributed by atoms with E-state index in [4.69, 9.17) is 27.7 Å². The fourth-order valence-electron chi connectivity index (χ4n) is 2.34. The van der Waals surface area contributed by atoms with E-state index in [1.165, 1.54) is 0 Å².